The standard InChI is InChI=1S/C47H32O/c1-48-39-24-20-33(21-25-39)37-22-26-42-45(30-37)47(41-17-9-15-34-13-7-8-16-40(34)41)43-27-23-36(31-10-3-2-4-11-31)29-44(43)46(42)38-19-18-32-12-5-6-14-35(32)28-38/h2-30H,1H3. The van der Waals surface area contributed by atoms with E-state index in [-0.39, 0.29) is 0 Å². The number of benzene rings is 9. The first-order valence-electron chi connectivity index (χ1n) is 16.5. The van der Waals surface area contributed by atoms with E-state index in [4.69, 9.17) is 4.74 Å². The second-order valence-electron chi connectivity index (χ2n) is 12.5. The lowest BCUT2D eigenvalue weighted by Gasteiger charge is -2.21. The van der Waals surface area contributed by atoms with Crippen molar-refractivity contribution < 1.29 is 4.74 Å². The second-order valence-corrected chi connectivity index (χ2v) is 12.5. The van der Waals surface area contributed by atoms with Crippen LogP contribution in [0.25, 0.3) is 87.6 Å². The summed E-state index contributed by atoms with van der Waals surface area (Å²) in [5, 5.41) is 9.95. The first-order valence-corrected chi connectivity index (χ1v) is 16.5. The minimum absolute atomic E-state index is 0.856. The summed E-state index contributed by atoms with van der Waals surface area (Å²) in [6, 6.07) is 64.1. The molecule has 0 amide bonds. The Kier molecular flexibility index (Phi) is 6.76. The SMILES string of the molecule is COc1ccc(-c2ccc3c(-c4ccc5ccccc5c4)c4cc(-c5ccccc5)ccc4c(-c4cccc5ccccc45)c3c2)cc1. The Hall–Kier alpha value is -6.18. The maximum absolute atomic E-state index is 5.48. The Bertz CT molecular complexity index is 2630. The molecular formula is C47H32O. The Morgan fingerprint density at radius 1 is 0.312 bits per heavy atom. The van der Waals surface area contributed by atoms with Gasteiger partial charge in [-0.15, -0.1) is 0 Å². The Morgan fingerprint density at radius 3 is 1.62 bits per heavy atom. The van der Waals surface area contributed by atoms with Gasteiger partial charge in [0.05, 0.1) is 7.11 Å². The highest BCUT2D eigenvalue weighted by molar-refractivity contribution is 6.24. The van der Waals surface area contributed by atoms with Gasteiger partial charge in [-0.1, -0.05) is 146 Å². The minimum atomic E-state index is 0.856. The molecule has 48 heavy (non-hydrogen) atoms. The van der Waals surface area contributed by atoms with E-state index in [0.717, 1.165) is 11.3 Å². The highest BCUT2D eigenvalue weighted by Crippen LogP contribution is 2.47. The molecule has 9 aromatic carbocycles. The molecule has 0 heterocycles. The zero-order valence-electron chi connectivity index (χ0n) is 26.7. The lowest BCUT2D eigenvalue weighted by molar-refractivity contribution is 0.415. The van der Waals surface area contributed by atoms with Crippen molar-refractivity contribution in [3.63, 3.8) is 0 Å². The lowest BCUT2D eigenvalue weighted by atomic mass is 9.82. The van der Waals surface area contributed by atoms with Gasteiger partial charge in [0, 0.05) is 0 Å². The molecule has 0 bridgehead atoms. The molecule has 0 saturated heterocycles. The molecule has 0 atom stereocenters. The third-order valence-electron chi connectivity index (χ3n) is 9.74. The van der Waals surface area contributed by atoms with Crippen LogP contribution in [-0.4, -0.2) is 7.11 Å². The van der Waals surface area contributed by atoms with E-state index in [1.807, 2.05) is 12.1 Å². The van der Waals surface area contributed by atoms with Gasteiger partial charge in [0.25, 0.3) is 0 Å². The number of hydrogen-bond acceptors (Lipinski definition) is 1. The summed E-state index contributed by atoms with van der Waals surface area (Å²) in [6.45, 7) is 0. The third kappa shape index (κ3) is 4.71. The molecule has 0 aliphatic heterocycles. The molecule has 226 valence electrons. The Morgan fingerprint density at radius 2 is 0.875 bits per heavy atom. The van der Waals surface area contributed by atoms with Crippen molar-refractivity contribution in [1.29, 1.82) is 0 Å². The van der Waals surface area contributed by atoms with Crippen LogP contribution < -0.4 is 4.74 Å². The van der Waals surface area contributed by atoms with Gasteiger partial charge in [-0.2, -0.15) is 0 Å². The largest absolute Gasteiger partial charge is 0.497 e. The van der Waals surface area contributed by atoms with Crippen LogP contribution in [0.1, 0.15) is 0 Å². The highest BCUT2D eigenvalue weighted by atomic mass is 16.5. The van der Waals surface area contributed by atoms with Gasteiger partial charge in [0.15, 0.2) is 0 Å². The fourth-order valence-electron chi connectivity index (χ4n) is 7.39. The molecule has 0 aliphatic rings. The summed E-state index contributed by atoms with van der Waals surface area (Å²) in [6.07, 6.45) is 0. The van der Waals surface area contributed by atoms with Gasteiger partial charge in [-0.05, 0) is 118 Å². The Balaban J connectivity index is 1.44. The molecule has 1 heteroatoms. The van der Waals surface area contributed by atoms with Crippen LogP contribution in [0.15, 0.2) is 176 Å². The predicted molar refractivity (Wildman–Crippen MR) is 205 cm³/mol. The third-order valence-corrected chi connectivity index (χ3v) is 9.74. The average Bonchev–Trinajstić information content (AvgIpc) is 3.16. The number of rotatable bonds is 5. The number of methoxy groups -OCH3 is 1. The molecule has 0 fully saturated rings. The van der Waals surface area contributed by atoms with Crippen LogP contribution in [0.2, 0.25) is 0 Å². The predicted octanol–water partition coefficient (Wildman–Crippen LogP) is 13.0. The van der Waals surface area contributed by atoms with Crippen LogP contribution in [0, 0.1) is 0 Å². The van der Waals surface area contributed by atoms with Gasteiger partial charge in [-0.25, -0.2) is 0 Å². The quantitative estimate of drug-likeness (QED) is 0.176. The van der Waals surface area contributed by atoms with E-state index in [9.17, 15) is 0 Å². The molecule has 0 radical (unpaired) electrons. The van der Waals surface area contributed by atoms with Crippen LogP contribution in [0.5, 0.6) is 5.75 Å². The fraction of sp³-hybridized carbons (Fsp3) is 0.0213. The van der Waals surface area contributed by atoms with Gasteiger partial charge in [-0.3, -0.25) is 0 Å². The maximum atomic E-state index is 5.48. The smallest absolute Gasteiger partial charge is 0.118 e. The summed E-state index contributed by atoms with van der Waals surface area (Å²) in [7, 11) is 1.71. The minimum Gasteiger partial charge on any atom is -0.497 e. The topological polar surface area (TPSA) is 9.23 Å². The average molecular weight is 613 g/mol. The van der Waals surface area contributed by atoms with E-state index in [0.29, 0.717) is 0 Å². The van der Waals surface area contributed by atoms with Crippen LogP contribution >= 0.6 is 0 Å². The van der Waals surface area contributed by atoms with E-state index in [1.165, 1.54) is 82.0 Å². The van der Waals surface area contributed by atoms with Gasteiger partial charge in [0.2, 0.25) is 0 Å². The van der Waals surface area contributed by atoms with Gasteiger partial charge < -0.3 is 4.74 Å². The monoisotopic (exact) mass is 612 g/mol. The normalized spacial score (nSPS) is 11.4. The van der Waals surface area contributed by atoms with Crippen molar-refractivity contribution in [3.8, 4) is 50.3 Å². The molecule has 0 saturated carbocycles. The first kappa shape index (κ1) is 28.1. The summed E-state index contributed by atoms with van der Waals surface area (Å²) in [4.78, 5) is 0. The molecule has 1 nitrogen and oxygen atoms in total. The molecule has 9 rings (SSSR count). The molecule has 0 unspecified atom stereocenters. The van der Waals surface area contributed by atoms with E-state index >= 15 is 0 Å². The summed E-state index contributed by atoms with van der Waals surface area (Å²) in [5.41, 5.74) is 9.74. The molecule has 0 spiro atoms. The van der Waals surface area contributed by atoms with E-state index in [2.05, 4.69) is 164 Å². The first-order chi connectivity index (χ1) is 23.7. The molecule has 0 N–H and O–H groups in total. The van der Waals surface area contributed by atoms with Crippen molar-refractivity contribution in [2.24, 2.45) is 0 Å². The van der Waals surface area contributed by atoms with Crippen molar-refractivity contribution in [2.45, 2.75) is 0 Å². The maximum Gasteiger partial charge on any atom is 0.118 e. The highest BCUT2D eigenvalue weighted by Gasteiger charge is 2.20. The van der Waals surface area contributed by atoms with Crippen molar-refractivity contribution in [2.75, 3.05) is 7.11 Å². The number of fused-ring (bicyclic) bond motifs is 4. The van der Waals surface area contributed by atoms with Crippen molar-refractivity contribution in [3.05, 3.63) is 176 Å². The van der Waals surface area contributed by atoms with Gasteiger partial charge in [0.1, 0.15) is 5.75 Å². The van der Waals surface area contributed by atoms with Gasteiger partial charge >= 0.3 is 0 Å². The zero-order valence-corrected chi connectivity index (χ0v) is 26.7. The van der Waals surface area contributed by atoms with Crippen LogP contribution in [-0.2, 0) is 0 Å². The fourth-order valence-corrected chi connectivity index (χ4v) is 7.39. The lowest BCUT2D eigenvalue weighted by Crippen LogP contribution is -1.93. The molecular weight excluding hydrogens is 581 g/mol. The summed E-state index contributed by atoms with van der Waals surface area (Å²) in [5.74, 6) is 0.856. The zero-order chi connectivity index (χ0) is 32.0. The molecule has 0 aromatic heterocycles. The number of ether oxygens (including phenoxy) is 1. The van der Waals surface area contributed by atoms with E-state index < -0.39 is 0 Å². The second kappa shape index (κ2) is 11.6. The van der Waals surface area contributed by atoms with Crippen molar-refractivity contribution >= 4 is 43.1 Å². The Labute approximate surface area is 280 Å². The van der Waals surface area contributed by atoms with Crippen LogP contribution in [0.3, 0.4) is 0 Å². The molecule has 9 aromatic rings. The summed E-state index contributed by atoms with van der Waals surface area (Å²) < 4.78 is 5.48. The summed E-state index contributed by atoms with van der Waals surface area (Å²) >= 11 is 0. The molecule has 0 aliphatic carbocycles. The van der Waals surface area contributed by atoms with Crippen LogP contribution in [0.4, 0.5) is 0 Å². The van der Waals surface area contributed by atoms with Crippen molar-refractivity contribution in [1.82, 2.24) is 0 Å². The van der Waals surface area contributed by atoms with E-state index in [1.54, 1.807) is 7.11 Å². The number of hydrogen-bond donors (Lipinski definition) is 0.